The van der Waals surface area contributed by atoms with Crippen molar-refractivity contribution < 1.29 is 0 Å². The maximum Gasteiger partial charge on any atom is 0.232 e. The molecule has 1 aromatic carbocycles. The number of aryl methyl sites for hydroxylation is 3. The van der Waals surface area contributed by atoms with Gasteiger partial charge in [-0.15, -0.1) is 0 Å². The molecule has 4 nitrogen and oxygen atoms in total. The van der Waals surface area contributed by atoms with Crippen LogP contribution in [0.2, 0.25) is 0 Å². The third-order valence-electron chi connectivity index (χ3n) is 2.55. The van der Waals surface area contributed by atoms with E-state index < -0.39 is 0 Å². The average molecular weight is 234 g/mol. The van der Waals surface area contributed by atoms with Crippen molar-refractivity contribution in [2.75, 3.05) is 11.9 Å². The van der Waals surface area contributed by atoms with Gasteiger partial charge in [-0.3, -0.25) is 0 Å². The van der Waals surface area contributed by atoms with E-state index in [-0.39, 0.29) is 0 Å². The van der Waals surface area contributed by atoms with Crippen LogP contribution in [0, 0.1) is 20.8 Å². The number of hydrogen-bond donors (Lipinski definition) is 0. The van der Waals surface area contributed by atoms with Crippen molar-refractivity contribution in [2.24, 2.45) is 0 Å². The van der Waals surface area contributed by atoms with E-state index in [0.29, 0.717) is 0 Å². The van der Waals surface area contributed by atoms with Crippen LogP contribution in [-0.2, 0) is 0 Å². The van der Waals surface area contributed by atoms with E-state index in [9.17, 15) is 0 Å². The van der Waals surface area contributed by atoms with Crippen LogP contribution in [0.15, 0.2) is 12.1 Å². The van der Waals surface area contributed by atoms with Gasteiger partial charge in [0.1, 0.15) is 0 Å². The van der Waals surface area contributed by atoms with Crippen LogP contribution in [0.3, 0.4) is 0 Å². The lowest BCUT2D eigenvalue weighted by atomic mass is 10.0. The Hall–Kier alpha value is -1.49. The Kier molecular flexibility index (Phi) is 2.87. The van der Waals surface area contributed by atoms with E-state index in [0.717, 1.165) is 5.13 Å². The van der Waals surface area contributed by atoms with E-state index in [1.54, 1.807) is 0 Å². The van der Waals surface area contributed by atoms with Gasteiger partial charge in [0.2, 0.25) is 5.13 Å². The second-order valence-corrected chi connectivity index (χ2v) is 4.66. The van der Waals surface area contributed by atoms with Crippen molar-refractivity contribution in [1.82, 2.24) is 14.8 Å². The second kappa shape index (κ2) is 4.17. The minimum atomic E-state index is 0.815. The molecule has 84 valence electrons. The summed E-state index contributed by atoms with van der Waals surface area (Å²) in [5, 5.41) is 8.42. The predicted molar refractivity (Wildman–Crippen MR) is 66.4 cm³/mol. The van der Waals surface area contributed by atoms with Gasteiger partial charge in [-0.05, 0) is 37.1 Å². The van der Waals surface area contributed by atoms with Gasteiger partial charge in [-0.2, -0.15) is 0 Å². The van der Waals surface area contributed by atoms with Gasteiger partial charge in [0.25, 0.3) is 0 Å². The highest BCUT2D eigenvalue weighted by atomic mass is 32.1. The summed E-state index contributed by atoms with van der Waals surface area (Å²) in [7, 11) is 1.99. The monoisotopic (exact) mass is 234 g/mol. The van der Waals surface area contributed by atoms with Crippen LogP contribution in [0.4, 0.5) is 10.8 Å². The molecule has 0 aliphatic heterocycles. The molecule has 1 aromatic heterocycles. The highest BCUT2D eigenvalue weighted by Crippen LogP contribution is 2.30. The molecule has 0 unspecified atom stereocenters. The molecule has 0 spiro atoms. The lowest BCUT2D eigenvalue weighted by Crippen LogP contribution is -2.12. The fourth-order valence-electron chi connectivity index (χ4n) is 2.05. The Balaban J connectivity index is 2.48. The standard InChI is InChI=1S/C11H14N4S/c1-7-5-8(2)10(9(3)6-7)15(4)11-12-13-14-16-11/h5-6H,1-4H3. The van der Waals surface area contributed by atoms with Crippen molar-refractivity contribution in [1.29, 1.82) is 0 Å². The number of rotatable bonds is 2. The molecule has 2 aromatic rings. The zero-order valence-electron chi connectivity index (χ0n) is 9.85. The summed E-state index contributed by atoms with van der Waals surface area (Å²) in [6, 6.07) is 4.35. The summed E-state index contributed by atoms with van der Waals surface area (Å²) in [5.41, 5.74) is 4.96. The zero-order chi connectivity index (χ0) is 11.7. The largest absolute Gasteiger partial charge is 0.318 e. The van der Waals surface area contributed by atoms with E-state index in [2.05, 4.69) is 47.7 Å². The van der Waals surface area contributed by atoms with Gasteiger partial charge >= 0.3 is 0 Å². The van der Waals surface area contributed by atoms with Crippen LogP contribution in [0.1, 0.15) is 16.7 Å². The Bertz CT molecular complexity index is 470. The average Bonchev–Trinajstić information content (AvgIpc) is 2.67. The normalized spacial score (nSPS) is 10.5. The van der Waals surface area contributed by atoms with Crippen LogP contribution < -0.4 is 4.90 Å². The summed E-state index contributed by atoms with van der Waals surface area (Å²) >= 11 is 1.30. The molecule has 0 atom stereocenters. The van der Waals surface area contributed by atoms with E-state index in [4.69, 9.17) is 0 Å². The maximum absolute atomic E-state index is 3.98. The molecule has 0 N–H and O–H groups in total. The number of aromatic nitrogens is 3. The van der Waals surface area contributed by atoms with Crippen LogP contribution in [0.5, 0.6) is 0 Å². The molecular formula is C11H14N4S. The molecule has 1 heterocycles. The number of nitrogens with zero attached hydrogens (tertiary/aromatic N) is 4. The van der Waals surface area contributed by atoms with E-state index >= 15 is 0 Å². The van der Waals surface area contributed by atoms with Crippen molar-refractivity contribution in [2.45, 2.75) is 20.8 Å². The third-order valence-corrected chi connectivity index (χ3v) is 3.22. The van der Waals surface area contributed by atoms with Crippen molar-refractivity contribution in [3.05, 3.63) is 28.8 Å². The minimum Gasteiger partial charge on any atom is -0.318 e. The Labute approximate surface area is 99.1 Å². The van der Waals surface area contributed by atoms with Gasteiger partial charge in [0, 0.05) is 24.3 Å². The first kappa shape index (κ1) is 11.0. The van der Waals surface area contributed by atoms with Crippen molar-refractivity contribution >= 4 is 22.4 Å². The lowest BCUT2D eigenvalue weighted by molar-refractivity contribution is 0.942. The van der Waals surface area contributed by atoms with Crippen LogP contribution in [-0.4, -0.2) is 21.8 Å². The first-order valence-electron chi connectivity index (χ1n) is 5.06. The highest BCUT2D eigenvalue weighted by Gasteiger charge is 2.13. The van der Waals surface area contributed by atoms with Crippen molar-refractivity contribution in [3.8, 4) is 0 Å². The third kappa shape index (κ3) is 1.90. The molecule has 0 radical (unpaired) electrons. The molecular weight excluding hydrogens is 220 g/mol. The first-order chi connectivity index (χ1) is 7.59. The Morgan fingerprint density at radius 2 is 1.75 bits per heavy atom. The quantitative estimate of drug-likeness (QED) is 0.801. The molecule has 5 heteroatoms. The second-order valence-electron chi connectivity index (χ2n) is 3.95. The number of hydrogen-bond acceptors (Lipinski definition) is 5. The fourth-order valence-corrected chi connectivity index (χ4v) is 2.49. The van der Waals surface area contributed by atoms with Gasteiger partial charge in [-0.1, -0.05) is 27.3 Å². The van der Waals surface area contributed by atoms with E-state index in [1.165, 1.54) is 33.9 Å². The number of anilines is 2. The molecule has 0 fully saturated rings. The summed E-state index contributed by atoms with van der Waals surface area (Å²) in [4.78, 5) is 2.04. The van der Waals surface area contributed by atoms with Gasteiger partial charge in [-0.25, -0.2) is 0 Å². The zero-order valence-corrected chi connectivity index (χ0v) is 10.7. The Morgan fingerprint density at radius 3 is 2.25 bits per heavy atom. The summed E-state index contributed by atoms with van der Waals surface area (Å²) in [5.74, 6) is 0. The molecule has 0 saturated carbocycles. The highest BCUT2D eigenvalue weighted by molar-refractivity contribution is 7.09. The fraction of sp³-hybridized carbons (Fsp3) is 0.364. The molecule has 16 heavy (non-hydrogen) atoms. The SMILES string of the molecule is Cc1cc(C)c(N(C)c2nnns2)c(C)c1. The molecule has 0 saturated heterocycles. The van der Waals surface area contributed by atoms with Gasteiger partial charge < -0.3 is 4.90 Å². The van der Waals surface area contributed by atoms with Gasteiger partial charge in [0.15, 0.2) is 0 Å². The smallest absolute Gasteiger partial charge is 0.232 e. The van der Waals surface area contributed by atoms with E-state index in [1.807, 2.05) is 11.9 Å². The Morgan fingerprint density at radius 1 is 1.12 bits per heavy atom. The number of benzene rings is 1. The summed E-state index contributed by atoms with van der Waals surface area (Å²) in [6.07, 6.45) is 0. The molecule has 0 bridgehead atoms. The maximum atomic E-state index is 3.98. The topological polar surface area (TPSA) is 41.9 Å². The first-order valence-corrected chi connectivity index (χ1v) is 5.83. The predicted octanol–water partition coefficient (Wildman–Crippen LogP) is 2.63. The van der Waals surface area contributed by atoms with Crippen molar-refractivity contribution in [3.63, 3.8) is 0 Å². The molecule has 0 aliphatic carbocycles. The molecule has 2 rings (SSSR count). The molecule has 0 amide bonds. The minimum absolute atomic E-state index is 0.815. The lowest BCUT2D eigenvalue weighted by Gasteiger charge is -2.20. The van der Waals surface area contributed by atoms with Crippen LogP contribution in [0.25, 0.3) is 0 Å². The van der Waals surface area contributed by atoms with Gasteiger partial charge in [0.05, 0.1) is 0 Å². The van der Waals surface area contributed by atoms with Crippen LogP contribution >= 0.6 is 11.5 Å². The summed E-state index contributed by atoms with van der Waals surface area (Å²) < 4.78 is 3.78. The molecule has 0 aliphatic rings. The summed E-state index contributed by atoms with van der Waals surface area (Å²) in [6.45, 7) is 6.33.